The molecular weight excluding hydrogens is 1020 g/mol. The molecule has 0 bridgehead atoms. The number of esters is 3. The smallest absolute Gasteiger partial charge is 0.306 e. The molecule has 0 N–H and O–H groups in total. The third kappa shape index (κ3) is 70.0. The van der Waals surface area contributed by atoms with Crippen LogP contribution in [-0.2, 0) is 28.6 Å². The second-order valence-corrected chi connectivity index (χ2v) is 25.2. The van der Waals surface area contributed by atoms with Crippen LogP contribution >= 0.6 is 0 Å². The maximum absolute atomic E-state index is 13.0. The van der Waals surface area contributed by atoms with E-state index >= 15 is 0 Å². The van der Waals surface area contributed by atoms with Crippen molar-refractivity contribution in [3.63, 3.8) is 0 Å². The van der Waals surface area contributed by atoms with Gasteiger partial charge in [0.2, 0.25) is 0 Å². The number of rotatable bonds is 69. The average molecular weight is 1160 g/mol. The summed E-state index contributed by atoms with van der Waals surface area (Å²) in [7, 11) is 0. The van der Waals surface area contributed by atoms with Crippen molar-refractivity contribution in [1.29, 1.82) is 0 Å². The number of carbonyl (C=O) groups excluding carboxylic acids is 3. The van der Waals surface area contributed by atoms with Gasteiger partial charge in [0.25, 0.3) is 0 Å². The fourth-order valence-electron chi connectivity index (χ4n) is 11.2. The van der Waals surface area contributed by atoms with E-state index in [0.29, 0.717) is 19.3 Å². The van der Waals surface area contributed by atoms with E-state index in [1.54, 1.807) is 0 Å². The zero-order valence-electron chi connectivity index (χ0n) is 56.0. The largest absolute Gasteiger partial charge is 0.462 e. The lowest BCUT2D eigenvalue weighted by atomic mass is 10.0. The minimum atomic E-state index is -0.778. The summed E-state index contributed by atoms with van der Waals surface area (Å²) in [4.78, 5) is 38.5. The lowest BCUT2D eigenvalue weighted by molar-refractivity contribution is -0.167. The van der Waals surface area contributed by atoms with Gasteiger partial charge in [0.15, 0.2) is 6.10 Å². The molecule has 0 fully saturated rings. The number of unbranched alkanes of at least 4 members (excludes halogenated alkanes) is 50. The van der Waals surface area contributed by atoms with Gasteiger partial charge in [-0.15, -0.1) is 0 Å². The van der Waals surface area contributed by atoms with E-state index < -0.39 is 6.10 Å². The first kappa shape index (κ1) is 80.4. The van der Waals surface area contributed by atoms with Crippen LogP contribution in [0.1, 0.15) is 406 Å². The molecule has 0 aliphatic heterocycles. The van der Waals surface area contributed by atoms with E-state index in [-0.39, 0.29) is 31.1 Å². The quantitative estimate of drug-likeness (QED) is 0.0261. The zero-order chi connectivity index (χ0) is 59.9. The van der Waals surface area contributed by atoms with Gasteiger partial charge in [0, 0.05) is 19.3 Å². The molecule has 0 saturated heterocycles. The molecule has 1 unspecified atom stereocenters. The summed E-state index contributed by atoms with van der Waals surface area (Å²) >= 11 is 0. The number of hydrogen-bond acceptors (Lipinski definition) is 6. The second-order valence-electron chi connectivity index (χ2n) is 25.2. The number of hydrogen-bond donors (Lipinski definition) is 0. The van der Waals surface area contributed by atoms with Crippen molar-refractivity contribution in [3.8, 4) is 0 Å². The third-order valence-corrected chi connectivity index (χ3v) is 16.8. The first-order valence-corrected chi connectivity index (χ1v) is 37.1. The first-order valence-electron chi connectivity index (χ1n) is 37.1. The fraction of sp³-hybridized carbons (Fsp3) is 0.857. The summed E-state index contributed by atoms with van der Waals surface area (Å²) < 4.78 is 17.0. The van der Waals surface area contributed by atoms with Gasteiger partial charge in [-0.25, -0.2) is 0 Å². The normalized spacial score (nSPS) is 12.3. The van der Waals surface area contributed by atoms with Crippen LogP contribution in [0.15, 0.2) is 48.6 Å². The lowest BCUT2D eigenvalue weighted by Crippen LogP contribution is -2.30. The SMILES string of the molecule is CCCCC/C=C\C/C=C\CCCCCCCCCC(=O)OCC(COC(=O)CCCCCCCCCCCCCCCCCCCCCCCCCCC)OC(=O)CCCCCCCCCCCCC/C=C\C/C=C\CCCCCCC. The zero-order valence-corrected chi connectivity index (χ0v) is 56.0. The van der Waals surface area contributed by atoms with Crippen LogP contribution in [0.5, 0.6) is 0 Å². The highest BCUT2D eigenvalue weighted by molar-refractivity contribution is 5.71. The van der Waals surface area contributed by atoms with Crippen molar-refractivity contribution in [3.05, 3.63) is 48.6 Å². The van der Waals surface area contributed by atoms with Gasteiger partial charge in [-0.2, -0.15) is 0 Å². The molecule has 83 heavy (non-hydrogen) atoms. The van der Waals surface area contributed by atoms with Crippen LogP contribution in [-0.4, -0.2) is 37.2 Å². The highest BCUT2D eigenvalue weighted by Gasteiger charge is 2.19. The Morgan fingerprint density at radius 2 is 0.434 bits per heavy atom. The number of ether oxygens (including phenoxy) is 3. The Balaban J connectivity index is 4.29. The minimum absolute atomic E-state index is 0.0719. The molecule has 0 spiro atoms. The molecule has 0 aromatic carbocycles. The van der Waals surface area contributed by atoms with Crippen molar-refractivity contribution in [2.24, 2.45) is 0 Å². The molecule has 486 valence electrons. The van der Waals surface area contributed by atoms with E-state index in [2.05, 4.69) is 69.4 Å². The van der Waals surface area contributed by atoms with Gasteiger partial charge in [0.05, 0.1) is 0 Å². The Morgan fingerprint density at radius 3 is 0.687 bits per heavy atom. The number of allylic oxidation sites excluding steroid dienone is 8. The van der Waals surface area contributed by atoms with Crippen molar-refractivity contribution < 1.29 is 28.6 Å². The summed E-state index contributed by atoms with van der Waals surface area (Å²) in [5, 5.41) is 0. The molecule has 6 heteroatoms. The highest BCUT2D eigenvalue weighted by Crippen LogP contribution is 2.19. The van der Waals surface area contributed by atoms with Gasteiger partial charge in [-0.3, -0.25) is 14.4 Å². The Kier molecular flexibility index (Phi) is 69.6. The monoisotopic (exact) mass is 1160 g/mol. The fourth-order valence-corrected chi connectivity index (χ4v) is 11.2. The molecule has 6 nitrogen and oxygen atoms in total. The molecule has 0 aromatic rings. The molecule has 1 atom stereocenters. The van der Waals surface area contributed by atoms with Crippen LogP contribution in [0, 0.1) is 0 Å². The van der Waals surface area contributed by atoms with Crippen molar-refractivity contribution in [2.75, 3.05) is 13.2 Å². The summed E-state index contributed by atoms with van der Waals surface area (Å²) in [5.41, 5.74) is 0. The molecule has 0 rings (SSSR count). The van der Waals surface area contributed by atoms with Crippen LogP contribution in [0.25, 0.3) is 0 Å². The molecule has 0 saturated carbocycles. The van der Waals surface area contributed by atoms with Gasteiger partial charge in [-0.1, -0.05) is 352 Å². The average Bonchev–Trinajstić information content (AvgIpc) is 3.49. The Hall–Kier alpha value is -2.63. The van der Waals surface area contributed by atoms with Crippen LogP contribution in [0.3, 0.4) is 0 Å². The molecule has 0 aliphatic rings. The van der Waals surface area contributed by atoms with Gasteiger partial charge in [-0.05, 0) is 83.5 Å². The Morgan fingerprint density at radius 1 is 0.241 bits per heavy atom. The van der Waals surface area contributed by atoms with Crippen LogP contribution in [0.2, 0.25) is 0 Å². The maximum atomic E-state index is 13.0. The molecule has 0 aliphatic carbocycles. The molecule has 0 radical (unpaired) electrons. The molecule has 0 amide bonds. The van der Waals surface area contributed by atoms with E-state index in [1.807, 2.05) is 0 Å². The number of carbonyl (C=O) groups is 3. The molecule has 0 heterocycles. The first-order chi connectivity index (χ1) is 41.0. The van der Waals surface area contributed by atoms with Crippen molar-refractivity contribution >= 4 is 17.9 Å². The summed E-state index contributed by atoms with van der Waals surface area (Å²) in [6, 6.07) is 0. The summed E-state index contributed by atoms with van der Waals surface area (Å²) in [5.74, 6) is -0.853. The van der Waals surface area contributed by atoms with Crippen LogP contribution < -0.4 is 0 Å². The van der Waals surface area contributed by atoms with E-state index in [9.17, 15) is 14.4 Å². The van der Waals surface area contributed by atoms with Crippen LogP contribution in [0.4, 0.5) is 0 Å². The Labute approximate surface area is 518 Å². The maximum Gasteiger partial charge on any atom is 0.306 e. The third-order valence-electron chi connectivity index (χ3n) is 16.8. The van der Waals surface area contributed by atoms with E-state index in [4.69, 9.17) is 14.2 Å². The molecular formula is C77H142O6. The van der Waals surface area contributed by atoms with E-state index in [0.717, 1.165) is 77.0 Å². The minimum Gasteiger partial charge on any atom is -0.462 e. The lowest BCUT2D eigenvalue weighted by Gasteiger charge is -2.18. The van der Waals surface area contributed by atoms with Gasteiger partial charge < -0.3 is 14.2 Å². The highest BCUT2D eigenvalue weighted by atomic mass is 16.6. The van der Waals surface area contributed by atoms with Gasteiger partial charge >= 0.3 is 17.9 Å². The Bertz CT molecular complexity index is 1430. The topological polar surface area (TPSA) is 78.9 Å². The van der Waals surface area contributed by atoms with E-state index in [1.165, 1.54) is 289 Å². The van der Waals surface area contributed by atoms with Crippen molar-refractivity contribution in [2.45, 2.75) is 412 Å². The predicted octanol–water partition coefficient (Wildman–Crippen LogP) is 25.7. The predicted molar refractivity (Wildman–Crippen MR) is 362 cm³/mol. The summed E-state index contributed by atoms with van der Waals surface area (Å²) in [6.07, 6.45) is 91.4. The summed E-state index contributed by atoms with van der Waals surface area (Å²) in [6.45, 7) is 6.68. The second kappa shape index (κ2) is 71.8. The molecule has 0 aromatic heterocycles. The van der Waals surface area contributed by atoms with Gasteiger partial charge in [0.1, 0.15) is 13.2 Å². The van der Waals surface area contributed by atoms with Crippen molar-refractivity contribution in [1.82, 2.24) is 0 Å². The standard InChI is InChI=1S/C77H142O6/c1-4-7-10-13-16-19-22-25-28-31-33-35-37-38-40-41-43-46-49-52-55-58-61-64-67-70-76(79)82-73-74(72-81-75(78)69-66-63-60-57-54-51-48-45-30-27-24-21-18-15-12-9-6-3)83-77(80)71-68-65-62-59-56-53-50-47-44-42-39-36-34-32-29-26-23-20-17-14-11-8-5-2/h18,21,23,26-27,30,32,34,74H,4-17,19-20,22,24-25,28-29,31,33,35-73H2,1-3H3/b21-18-,26-23-,30-27-,34-32-.